The Labute approximate surface area is 424 Å². The Morgan fingerprint density at radius 2 is 0.958 bits per heavy atom. The topological polar surface area (TPSA) is 9.72 Å². The molecular weight excluding hydrogens is 858 g/mol. The standard InChI is InChI=1S/C67H68BN3/c1-43-34-45(44-22-16-13-17-23-44)28-33-57(43)71-58-35-46(63(2,3)4)29-32-55(58)68-56-39-53-54(67(11,12)42-66(53,9)10)40-59(56)70(49-30-31-51-52(36-49)65(7,8)41-64(51,5)6)60-37-50(38-61(71)62(60)68)69(47-24-18-14-19-25-47)48-26-20-15-21-27-48/h13-40H,41-42H2,1-12H3. The number of aryl methyl sites for hydroxylation is 1. The molecule has 4 aliphatic rings. The van der Waals surface area contributed by atoms with Crippen LogP contribution in [-0.2, 0) is 27.1 Å². The Hall–Kier alpha value is -6.78. The molecule has 0 fully saturated rings. The second kappa shape index (κ2) is 15.6. The summed E-state index contributed by atoms with van der Waals surface area (Å²) in [5.74, 6) is 0. The van der Waals surface area contributed by atoms with Crippen molar-refractivity contribution in [3.63, 3.8) is 0 Å². The minimum atomic E-state index is -0.0643. The minimum absolute atomic E-state index is 0.0130. The number of anilines is 9. The van der Waals surface area contributed by atoms with Gasteiger partial charge in [-0.1, -0.05) is 173 Å². The van der Waals surface area contributed by atoms with Crippen LogP contribution in [0.1, 0.15) is 122 Å². The highest BCUT2D eigenvalue weighted by molar-refractivity contribution is 7.00. The fourth-order valence-electron chi connectivity index (χ4n) is 14.0. The first-order valence-corrected chi connectivity index (χ1v) is 26.0. The van der Waals surface area contributed by atoms with Gasteiger partial charge in [0, 0.05) is 45.5 Å². The summed E-state index contributed by atoms with van der Waals surface area (Å²) in [6.45, 7) is 29.0. The van der Waals surface area contributed by atoms with Gasteiger partial charge in [0.1, 0.15) is 0 Å². The van der Waals surface area contributed by atoms with E-state index < -0.39 is 0 Å². The summed E-state index contributed by atoms with van der Waals surface area (Å²) in [5.41, 5.74) is 25.8. The fourth-order valence-corrected chi connectivity index (χ4v) is 14.0. The minimum Gasteiger partial charge on any atom is -0.311 e. The van der Waals surface area contributed by atoms with Crippen molar-refractivity contribution in [2.45, 2.75) is 123 Å². The van der Waals surface area contributed by atoms with E-state index in [9.17, 15) is 0 Å². The van der Waals surface area contributed by atoms with Gasteiger partial charge in [0.05, 0.1) is 5.69 Å². The first kappa shape index (κ1) is 45.4. The van der Waals surface area contributed by atoms with E-state index in [1.54, 1.807) is 0 Å². The van der Waals surface area contributed by atoms with E-state index in [2.05, 4.69) is 268 Å². The molecule has 8 aromatic carbocycles. The van der Waals surface area contributed by atoms with Crippen molar-refractivity contribution in [1.82, 2.24) is 0 Å². The van der Waals surface area contributed by atoms with Crippen LogP contribution in [-0.4, -0.2) is 6.71 Å². The molecule has 0 amide bonds. The molecule has 0 atom stereocenters. The average molecular weight is 926 g/mol. The maximum atomic E-state index is 2.68. The van der Waals surface area contributed by atoms with Crippen LogP contribution in [0.3, 0.4) is 0 Å². The molecule has 3 nitrogen and oxygen atoms in total. The number of hydrogen-bond donors (Lipinski definition) is 0. The highest BCUT2D eigenvalue weighted by Crippen LogP contribution is 2.56. The number of hydrogen-bond acceptors (Lipinski definition) is 3. The number of para-hydroxylation sites is 2. The van der Waals surface area contributed by atoms with E-state index in [4.69, 9.17) is 0 Å². The lowest BCUT2D eigenvalue weighted by Crippen LogP contribution is -2.61. The Balaban J connectivity index is 1.23. The smallest absolute Gasteiger partial charge is 0.252 e. The van der Waals surface area contributed by atoms with Gasteiger partial charge in [-0.25, -0.2) is 0 Å². The van der Waals surface area contributed by atoms with Gasteiger partial charge in [-0.15, -0.1) is 0 Å². The van der Waals surface area contributed by atoms with Crippen LogP contribution < -0.4 is 31.1 Å². The molecule has 0 radical (unpaired) electrons. The molecule has 0 spiro atoms. The van der Waals surface area contributed by atoms with Crippen LogP contribution in [0.25, 0.3) is 11.1 Å². The van der Waals surface area contributed by atoms with Crippen LogP contribution in [0.15, 0.2) is 170 Å². The van der Waals surface area contributed by atoms with Crippen molar-refractivity contribution in [1.29, 1.82) is 0 Å². The summed E-state index contributed by atoms with van der Waals surface area (Å²) in [6, 6.07) is 65.1. The molecule has 71 heavy (non-hydrogen) atoms. The average Bonchev–Trinajstić information content (AvgIpc) is 3.64. The summed E-state index contributed by atoms with van der Waals surface area (Å²) < 4.78 is 0. The first-order chi connectivity index (χ1) is 33.7. The highest BCUT2D eigenvalue weighted by Gasteiger charge is 2.49. The predicted molar refractivity (Wildman–Crippen MR) is 305 cm³/mol. The Morgan fingerprint density at radius 3 is 1.55 bits per heavy atom. The van der Waals surface area contributed by atoms with Crippen molar-refractivity contribution < 1.29 is 0 Å². The third-order valence-corrected chi connectivity index (χ3v) is 16.8. The van der Waals surface area contributed by atoms with Gasteiger partial charge in [-0.2, -0.15) is 0 Å². The molecule has 0 bridgehead atoms. The first-order valence-electron chi connectivity index (χ1n) is 26.0. The molecule has 8 aromatic rings. The van der Waals surface area contributed by atoms with Crippen LogP contribution in [0.5, 0.6) is 0 Å². The van der Waals surface area contributed by atoms with Crippen LogP contribution in [0, 0.1) is 6.92 Å². The van der Waals surface area contributed by atoms with Crippen molar-refractivity contribution >= 4 is 74.3 Å². The lowest BCUT2D eigenvalue weighted by Gasteiger charge is -2.46. The zero-order valence-corrected chi connectivity index (χ0v) is 44.0. The lowest BCUT2D eigenvalue weighted by atomic mass is 9.33. The summed E-state index contributed by atoms with van der Waals surface area (Å²) in [4.78, 5) is 7.79. The van der Waals surface area contributed by atoms with Crippen LogP contribution in [0.4, 0.5) is 51.2 Å². The van der Waals surface area contributed by atoms with Gasteiger partial charge in [0.15, 0.2) is 0 Å². The van der Waals surface area contributed by atoms with E-state index in [-0.39, 0.29) is 33.8 Å². The molecule has 0 N–H and O–H groups in total. The number of rotatable bonds is 6. The van der Waals surface area contributed by atoms with Crippen molar-refractivity contribution in [3.05, 3.63) is 203 Å². The van der Waals surface area contributed by atoms with Crippen molar-refractivity contribution in [2.24, 2.45) is 0 Å². The quantitative estimate of drug-likeness (QED) is 0.154. The van der Waals surface area contributed by atoms with Gasteiger partial charge in [0.2, 0.25) is 0 Å². The molecule has 2 heterocycles. The van der Waals surface area contributed by atoms with E-state index in [1.165, 1.54) is 95.0 Å². The molecule has 0 unspecified atom stereocenters. The largest absolute Gasteiger partial charge is 0.311 e. The second-order valence-corrected chi connectivity index (χ2v) is 25.0. The van der Waals surface area contributed by atoms with E-state index in [0.717, 1.165) is 29.9 Å². The van der Waals surface area contributed by atoms with Crippen molar-refractivity contribution in [2.75, 3.05) is 14.7 Å². The van der Waals surface area contributed by atoms with Crippen molar-refractivity contribution in [3.8, 4) is 11.1 Å². The summed E-state index contributed by atoms with van der Waals surface area (Å²) in [7, 11) is 0. The maximum Gasteiger partial charge on any atom is 0.252 e. The molecule has 354 valence electrons. The second-order valence-electron chi connectivity index (χ2n) is 25.0. The van der Waals surface area contributed by atoms with Gasteiger partial charge in [0.25, 0.3) is 6.71 Å². The van der Waals surface area contributed by atoms with Gasteiger partial charge in [-0.3, -0.25) is 0 Å². The van der Waals surface area contributed by atoms with Gasteiger partial charge < -0.3 is 14.7 Å². The van der Waals surface area contributed by atoms with E-state index >= 15 is 0 Å². The fraction of sp³-hybridized carbons (Fsp3) is 0.284. The lowest BCUT2D eigenvalue weighted by molar-refractivity contribution is 0.403. The molecular formula is C67H68BN3. The molecule has 0 saturated heterocycles. The molecule has 0 aromatic heterocycles. The zero-order valence-electron chi connectivity index (χ0n) is 44.0. The Bertz CT molecular complexity index is 3390. The van der Waals surface area contributed by atoms with E-state index in [1.807, 2.05) is 0 Å². The zero-order chi connectivity index (χ0) is 49.6. The van der Waals surface area contributed by atoms with E-state index in [0.29, 0.717) is 0 Å². The van der Waals surface area contributed by atoms with Crippen LogP contribution >= 0.6 is 0 Å². The Morgan fingerprint density at radius 1 is 0.423 bits per heavy atom. The summed E-state index contributed by atoms with van der Waals surface area (Å²) in [6.07, 6.45) is 2.22. The third kappa shape index (κ3) is 7.14. The highest BCUT2D eigenvalue weighted by atomic mass is 15.2. The monoisotopic (exact) mass is 926 g/mol. The van der Waals surface area contributed by atoms with Gasteiger partial charge >= 0.3 is 0 Å². The molecule has 12 rings (SSSR count). The third-order valence-electron chi connectivity index (χ3n) is 16.8. The number of nitrogens with zero attached hydrogens (tertiary/aromatic N) is 3. The Kier molecular flexibility index (Phi) is 9.98. The molecule has 2 aliphatic carbocycles. The SMILES string of the molecule is Cc1cc(-c2ccccc2)ccc1N1c2cc(C(C)(C)C)ccc2B2c3cc4c(cc3N(c3ccc5c(c3)C(C)(C)CC5(C)C)c3cc(N(c5ccccc5)c5ccccc5)cc1c32)C(C)(C)CC4(C)C. The molecule has 4 heteroatoms. The number of benzene rings is 8. The summed E-state index contributed by atoms with van der Waals surface area (Å²) >= 11 is 0. The normalized spacial score (nSPS) is 17.3. The molecule has 0 saturated carbocycles. The maximum absolute atomic E-state index is 2.68. The van der Waals surface area contributed by atoms with Gasteiger partial charge in [-0.05, 0) is 181 Å². The number of fused-ring (bicyclic) bond motifs is 6. The van der Waals surface area contributed by atoms with Crippen LogP contribution in [0.2, 0.25) is 0 Å². The predicted octanol–water partition coefficient (Wildman–Crippen LogP) is 16.4. The summed E-state index contributed by atoms with van der Waals surface area (Å²) in [5, 5.41) is 0. The molecule has 2 aliphatic heterocycles.